The van der Waals surface area contributed by atoms with Gasteiger partial charge in [-0.1, -0.05) is 12.1 Å². The molecule has 0 bridgehead atoms. The fourth-order valence-electron chi connectivity index (χ4n) is 1.55. The maximum Gasteiger partial charge on any atom is 0.237 e. The minimum absolute atomic E-state index is 0.294. The lowest BCUT2D eigenvalue weighted by molar-refractivity contribution is 0.373. The first kappa shape index (κ1) is 11.9. The molecule has 1 aromatic carbocycles. The molecule has 1 heterocycles. The van der Waals surface area contributed by atoms with Crippen LogP contribution in [0.2, 0.25) is 0 Å². The van der Waals surface area contributed by atoms with Crippen molar-refractivity contribution in [1.82, 2.24) is 4.98 Å². The van der Waals surface area contributed by atoms with Crippen molar-refractivity contribution >= 4 is 0 Å². The third-order valence-corrected chi connectivity index (χ3v) is 2.51. The number of rotatable bonds is 3. The SMILES string of the molecule is COc1ccccc1Oc1nccc(C)c1C#N. The Morgan fingerprint density at radius 2 is 1.89 bits per heavy atom. The Kier molecular flexibility index (Phi) is 3.44. The van der Waals surface area contributed by atoms with Gasteiger partial charge in [0, 0.05) is 6.20 Å². The molecule has 1 aromatic heterocycles. The number of hydrogen-bond acceptors (Lipinski definition) is 4. The molecule has 0 aliphatic carbocycles. The van der Waals surface area contributed by atoms with Gasteiger partial charge in [-0.3, -0.25) is 0 Å². The van der Waals surface area contributed by atoms with Crippen molar-refractivity contribution in [2.75, 3.05) is 7.11 Å². The smallest absolute Gasteiger partial charge is 0.237 e. The molecule has 2 rings (SSSR count). The minimum Gasteiger partial charge on any atom is -0.493 e. The maximum absolute atomic E-state index is 9.10. The van der Waals surface area contributed by atoms with Crippen LogP contribution in [0.25, 0.3) is 0 Å². The first-order valence-electron chi connectivity index (χ1n) is 5.43. The van der Waals surface area contributed by atoms with Crippen molar-refractivity contribution in [2.24, 2.45) is 0 Å². The van der Waals surface area contributed by atoms with Crippen LogP contribution in [0.3, 0.4) is 0 Å². The Balaban J connectivity index is 2.41. The Morgan fingerprint density at radius 3 is 2.56 bits per heavy atom. The lowest BCUT2D eigenvalue weighted by Gasteiger charge is -2.10. The van der Waals surface area contributed by atoms with Crippen molar-refractivity contribution < 1.29 is 9.47 Å². The van der Waals surface area contributed by atoms with Crippen LogP contribution in [-0.2, 0) is 0 Å². The van der Waals surface area contributed by atoms with Gasteiger partial charge in [-0.05, 0) is 30.7 Å². The highest BCUT2D eigenvalue weighted by atomic mass is 16.5. The second-order valence-electron chi connectivity index (χ2n) is 3.67. The molecule has 0 aliphatic heterocycles. The molecule has 90 valence electrons. The van der Waals surface area contributed by atoms with Crippen LogP contribution in [0.1, 0.15) is 11.1 Å². The minimum atomic E-state index is 0.294. The average molecular weight is 240 g/mol. The Hall–Kier alpha value is -2.54. The molecular weight excluding hydrogens is 228 g/mol. The van der Waals surface area contributed by atoms with E-state index in [2.05, 4.69) is 11.1 Å². The molecule has 2 aromatic rings. The van der Waals surface area contributed by atoms with Gasteiger partial charge in [-0.15, -0.1) is 0 Å². The highest BCUT2D eigenvalue weighted by molar-refractivity contribution is 5.48. The number of ether oxygens (including phenoxy) is 2. The predicted octanol–water partition coefficient (Wildman–Crippen LogP) is 3.06. The number of para-hydroxylation sites is 2. The molecule has 0 unspecified atom stereocenters. The van der Waals surface area contributed by atoms with E-state index in [1.165, 1.54) is 0 Å². The number of hydrogen-bond donors (Lipinski definition) is 0. The van der Waals surface area contributed by atoms with Crippen molar-refractivity contribution in [3.05, 3.63) is 47.7 Å². The molecular formula is C14H12N2O2. The topological polar surface area (TPSA) is 55.1 Å². The molecule has 4 nitrogen and oxygen atoms in total. The molecule has 0 amide bonds. The quantitative estimate of drug-likeness (QED) is 0.827. The van der Waals surface area contributed by atoms with Gasteiger partial charge in [0.2, 0.25) is 5.88 Å². The average Bonchev–Trinajstić information content (AvgIpc) is 2.40. The summed E-state index contributed by atoms with van der Waals surface area (Å²) in [7, 11) is 1.57. The van der Waals surface area contributed by atoms with Gasteiger partial charge in [-0.2, -0.15) is 5.26 Å². The molecule has 0 fully saturated rings. The summed E-state index contributed by atoms with van der Waals surface area (Å²) in [6.45, 7) is 1.84. The van der Waals surface area contributed by atoms with Crippen LogP contribution < -0.4 is 9.47 Å². The highest BCUT2D eigenvalue weighted by Gasteiger charge is 2.11. The summed E-state index contributed by atoms with van der Waals surface area (Å²) in [5.41, 5.74) is 1.26. The summed E-state index contributed by atoms with van der Waals surface area (Å²) in [5.74, 6) is 1.43. The summed E-state index contributed by atoms with van der Waals surface area (Å²) >= 11 is 0. The van der Waals surface area contributed by atoms with E-state index in [4.69, 9.17) is 14.7 Å². The van der Waals surface area contributed by atoms with Gasteiger partial charge < -0.3 is 9.47 Å². The van der Waals surface area contributed by atoms with Crippen molar-refractivity contribution in [1.29, 1.82) is 5.26 Å². The third-order valence-electron chi connectivity index (χ3n) is 2.51. The van der Waals surface area contributed by atoms with Crippen LogP contribution in [0.15, 0.2) is 36.5 Å². The fourth-order valence-corrected chi connectivity index (χ4v) is 1.55. The molecule has 0 radical (unpaired) electrons. The van der Waals surface area contributed by atoms with Crippen LogP contribution in [0, 0.1) is 18.3 Å². The number of nitrogens with zero attached hydrogens (tertiary/aromatic N) is 2. The van der Waals surface area contributed by atoms with Crippen LogP contribution in [0.4, 0.5) is 0 Å². The second kappa shape index (κ2) is 5.19. The van der Waals surface area contributed by atoms with Crippen molar-refractivity contribution in [3.8, 4) is 23.4 Å². The van der Waals surface area contributed by atoms with Crippen LogP contribution >= 0.6 is 0 Å². The van der Waals surface area contributed by atoms with E-state index >= 15 is 0 Å². The first-order chi connectivity index (χ1) is 8.76. The zero-order valence-electron chi connectivity index (χ0n) is 10.2. The number of methoxy groups -OCH3 is 1. The number of nitriles is 1. The molecule has 4 heteroatoms. The van der Waals surface area contributed by atoms with Crippen LogP contribution in [0.5, 0.6) is 17.4 Å². The van der Waals surface area contributed by atoms with E-state index in [0.717, 1.165) is 5.56 Å². The summed E-state index contributed by atoms with van der Waals surface area (Å²) < 4.78 is 10.8. The van der Waals surface area contributed by atoms with E-state index in [1.54, 1.807) is 31.5 Å². The Bertz CT molecular complexity index is 603. The largest absolute Gasteiger partial charge is 0.493 e. The Morgan fingerprint density at radius 1 is 1.17 bits per heavy atom. The standard InChI is InChI=1S/C14H12N2O2/c1-10-7-8-16-14(11(10)9-15)18-13-6-4-3-5-12(13)17-2/h3-8H,1-2H3. The van der Waals surface area contributed by atoms with E-state index in [0.29, 0.717) is 22.9 Å². The van der Waals surface area contributed by atoms with Gasteiger partial charge in [0.15, 0.2) is 11.5 Å². The van der Waals surface area contributed by atoms with Crippen molar-refractivity contribution in [2.45, 2.75) is 6.92 Å². The number of benzene rings is 1. The number of aromatic nitrogens is 1. The molecule has 0 N–H and O–H groups in total. The summed E-state index contributed by atoms with van der Waals surface area (Å²) in [6.07, 6.45) is 1.61. The summed E-state index contributed by atoms with van der Waals surface area (Å²) in [5, 5.41) is 9.10. The number of aryl methyl sites for hydroxylation is 1. The monoisotopic (exact) mass is 240 g/mol. The lowest BCUT2D eigenvalue weighted by Crippen LogP contribution is -1.96. The van der Waals surface area contributed by atoms with Crippen molar-refractivity contribution in [3.63, 3.8) is 0 Å². The normalized spacial score (nSPS) is 9.61. The fraction of sp³-hybridized carbons (Fsp3) is 0.143. The maximum atomic E-state index is 9.10. The second-order valence-corrected chi connectivity index (χ2v) is 3.67. The first-order valence-corrected chi connectivity index (χ1v) is 5.43. The van der Waals surface area contributed by atoms with E-state index < -0.39 is 0 Å². The molecule has 0 atom stereocenters. The molecule has 0 spiro atoms. The highest BCUT2D eigenvalue weighted by Crippen LogP contribution is 2.31. The summed E-state index contributed by atoms with van der Waals surface area (Å²) in [6, 6.07) is 11.1. The number of pyridine rings is 1. The van der Waals surface area contributed by atoms with E-state index in [9.17, 15) is 0 Å². The predicted molar refractivity (Wildman–Crippen MR) is 66.8 cm³/mol. The third kappa shape index (κ3) is 2.25. The van der Waals surface area contributed by atoms with Gasteiger partial charge in [0.1, 0.15) is 11.6 Å². The van der Waals surface area contributed by atoms with Gasteiger partial charge in [0.05, 0.1) is 7.11 Å². The zero-order chi connectivity index (χ0) is 13.0. The van der Waals surface area contributed by atoms with E-state index in [1.807, 2.05) is 19.1 Å². The molecule has 0 saturated carbocycles. The van der Waals surface area contributed by atoms with Crippen LogP contribution in [-0.4, -0.2) is 12.1 Å². The molecule has 0 saturated heterocycles. The Labute approximate surface area is 105 Å². The molecule has 18 heavy (non-hydrogen) atoms. The zero-order valence-corrected chi connectivity index (χ0v) is 10.2. The summed E-state index contributed by atoms with van der Waals surface area (Å²) in [4.78, 5) is 4.08. The molecule has 0 aliphatic rings. The van der Waals surface area contributed by atoms with Gasteiger partial charge >= 0.3 is 0 Å². The van der Waals surface area contributed by atoms with E-state index in [-0.39, 0.29) is 0 Å². The lowest BCUT2D eigenvalue weighted by atomic mass is 10.2. The van der Waals surface area contributed by atoms with Gasteiger partial charge in [-0.25, -0.2) is 4.98 Å². The van der Waals surface area contributed by atoms with Gasteiger partial charge in [0.25, 0.3) is 0 Å².